The van der Waals surface area contributed by atoms with Crippen molar-refractivity contribution >= 4 is 64.1 Å². The highest BCUT2D eigenvalue weighted by Crippen LogP contribution is 2.32. The molecule has 0 N–H and O–H groups in total. The fourth-order valence-electron chi connectivity index (χ4n) is 4.49. The van der Waals surface area contributed by atoms with Gasteiger partial charge in [0.1, 0.15) is 17.9 Å². The molecular weight excluding hydrogens is 647 g/mol. The smallest absolute Gasteiger partial charge is 0.345 e. The highest BCUT2D eigenvalue weighted by molar-refractivity contribution is 6.36. The zero-order valence-corrected chi connectivity index (χ0v) is 24.4. The third kappa shape index (κ3) is 6.02. The van der Waals surface area contributed by atoms with Crippen molar-refractivity contribution in [1.82, 2.24) is 10.0 Å². The molecule has 0 spiro atoms. The van der Waals surface area contributed by atoms with Crippen LogP contribution in [0.5, 0.6) is 5.75 Å². The lowest BCUT2D eigenvalue weighted by atomic mass is 10.1. The molecule has 0 atom stereocenters. The van der Waals surface area contributed by atoms with Gasteiger partial charge in [-0.1, -0.05) is 29.3 Å². The van der Waals surface area contributed by atoms with Gasteiger partial charge in [0.15, 0.2) is 5.78 Å². The first-order valence-electron chi connectivity index (χ1n) is 12.9. The maximum absolute atomic E-state index is 13.6. The number of Topliss-reactive ketones (excluding diaryl/α,β-unsaturated/α-hetero) is 1. The number of carbonyl (C=O) groups excluding carboxylic acids is 5. The second-order valence-electron chi connectivity index (χ2n) is 9.51. The predicted molar refractivity (Wildman–Crippen MR) is 160 cm³/mol. The molecule has 230 valence electrons. The number of hydrazine groups is 1. The van der Waals surface area contributed by atoms with E-state index in [9.17, 15) is 44.2 Å². The topological polar surface area (TPSA) is 187 Å². The average molecular weight is 663 g/mol. The van der Waals surface area contributed by atoms with Crippen molar-refractivity contribution < 1.29 is 38.6 Å². The molecule has 0 saturated carbocycles. The largest absolute Gasteiger partial charge is 0.423 e. The SMILES string of the molecule is O=C(CN(C(=O)c1ccc([N+](=O)[O-])cc1)N1C(=O)c2cccc([N+](=O)[O-])c2C1=O)c1ccc(OC(=O)c2ccc(Cl)cc2Cl)cc1. The fourth-order valence-corrected chi connectivity index (χ4v) is 4.97. The van der Waals surface area contributed by atoms with E-state index in [1.807, 2.05) is 0 Å². The highest BCUT2D eigenvalue weighted by atomic mass is 35.5. The Morgan fingerprint density at radius 2 is 1.46 bits per heavy atom. The summed E-state index contributed by atoms with van der Waals surface area (Å²) < 4.78 is 5.29. The average Bonchev–Trinajstić information content (AvgIpc) is 3.28. The standard InChI is InChI=1S/C30H16Cl2N4O10/c31-18-8-13-21(23(32)14-18)30(41)46-20-11-6-16(7-12-20)25(37)15-33(27(38)17-4-9-19(10-5-17)35(42)43)34-28(39)22-2-1-3-24(36(44)45)26(22)29(34)40/h1-14H,15H2. The van der Waals surface area contributed by atoms with Gasteiger partial charge in [0.05, 0.1) is 26.0 Å². The number of benzene rings is 4. The minimum atomic E-state index is -1.22. The first kappa shape index (κ1) is 31.4. The monoisotopic (exact) mass is 662 g/mol. The van der Waals surface area contributed by atoms with Gasteiger partial charge < -0.3 is 4.74 Å². The van der Waals surface area contributed by atoms with Crippen LogP contribution >= 0.6 is 23.2 Å². The summed E-state index contributed by atoms with van der Waals surface area (Å²) in [7, 11) is 0. The van der Waals surface area contributed by atoms with Crippen molar-refractivity contribution in [1.29, 1.82) is 0 Å². The minimum absolute atomic E-state index is 0.0269. The lowest BCUT2D eigenvalue weighted by Crippen LogP contribution is -2.51. The predicted octanol–water partition coefficient (Wildman–Crippen LogP) is 5.57. The summed E-state index contributed by atoms with van der Waals surface area (Å²) >= 11 is 11.9. The third-order valence-electron chi connectivity index (χ3n) is 6.70. The number of rotatable bonds is 9. The summed E-state index contributed by atoms with van der Waals surface area (Å²) in [6.45, 7) is -0.908. The first-order chi connectivity index (χ1) is 21.9. The van der Waals surface area contributed by atoms with Gasteiger partial charge in [-0.15, -0.1) is 0 Å². The van der Waals surface area contributed by atoms with Crippen molar-refractivity contribution in [2.24, 2.45) is 0 Å². The molecule has 4 aromatic rings. The van der Waals surface area contributed by atoms with E-state index in [0.29, 0.717) is 15.0 Å². The molecule has 14 nitrogen and oxygen atoms in total. The number of hydrogen-bond acceptors (Lipinski definition) is 10. The summed E-state index contributed by atoms with van der Waals surface area (Å²) in [5.74, 6) is -4.97. The number of imide groups is 1. The van der Waals surface area contributed by atoms with Gasteiger partial charge in [-0.05, 0) is 60.7 Å². The Morgan fingerprint density at radius 1 is 0.804 bits per heavy atom. The molecule has 0 bridgehead atoms. The summed E-state index contributed by atoms with van der Waals surface area (Å²) in [6.07, 6.45) is 0. The van der Waals surface area contributed by atoms with E-state index >= 15 is 0 Å². The second-order valence-corrected chi connectivity index (χ2v) is 10.4. The van der Waals surface area contributed by atoms with Gasteiger partial charge in [0, 0.05) is 34.3 Å². The van der Waals surface area contributed by atoms with E-state index in [1.165, 1.54) is 48.5 Å². The van der Waals surface area contributed by atoms with Gasteiger partial charge in [0.25, 0.3) is 29.1 Å². The molecule has 0 aromatic heterocycles. The van der Waals surface area contributed by atoms with Crippen molar-refractivity contribution in [2.45, 2.75) is 0 Å². The van der Waals surface area contributed by atoms with Gasteiger partial charge in [-0.25, -0.2) is 9.80 Å². The van der Waals surface area contributed by atoms with Crippen molar-refractivity contribution in [3.63, 3.8) is 0 Å². The molecule has 4 aromatic carbocycles. The molecule has 0 radical (unpaired) electrons. The Morgan fingerprint density at radius 3 is 2.07 bits per heavy atom. The number of halogens is 2. The Hall–Kier alpha value is -5.99. The lowest BCUT2D eigenvalue weighted by molar-refractivity contribution is -0.385. The minimum Gasteiger partial charge on any atom is -0.423 e. The van der Waals surface area contributed by atoms with E-state index in [0.717, 1.165) is 36.4 Å². The van der Waals surface area contributed by atoms with Crippen LogP contribution in [0.25, 0.3) is 0 Å². The number of esters is 1. The van der Waals surface area contributed by atoms with Crippen molar-refractivity contribution in [2.75, 3.05) is 6.54 Å². The highest BCUT2D eigenvalue weighted by Gasteiger charge is 2.46. The number of ether oxygens (including phenoxy) is 1. The number of nitro groups is 2. The number of fused-ring (bicyclic) bond motifs is 1. The second kappa shape index (κ2) is 12.6. The van der Waals surface area contributed by atoms with Crippen molar-refractivity contribution in [3.05, 3.63) is 143 Å². The maximum Gasteiger partial charge on any atom is 0.345 e. The van der Waals surface area contributed by atoms with E-state index < -0.39 is 57.1 Å². The summed E-state index contributed by atoms with van der Waals surface area (Å²) in [6, 6.07) is 16.8. The fraction of sp³-hybridized carbons (Fsp3) is 0.0333. The molecular formula is C30H16Cl2N4O10. The molecule has 1 heterocycles. The van der Waals surface area contributed by atoms with Gasteiger partial charge in [-0.3, -0.25) is 39.4 Å². The molecule has 0 fully saturated rings. The van der Waals surface area contributed by atoms with Crippen LogP contribution in [0.4, 0.5) is 11.4 Å². The number of nitro benzene ring substituents is 2. The lowest BCUT2D eigenvalue weighted by Gasteiger charge is -2.29. The van der Waals surface area contributed by atoms with Gasteiger partial charge in [0.2, 0.25) is 0 Å². The number of non-ortho nitro benzene ring substituents is 1. The molecule has 16 heteroatoms. The summed E-state index contributed by atoms with van der Waals surface area (Å²) in [4.78, 5) is 87.5. The molecule has 3 amide bonds. The molecule has 0 aliphatic carbocycles. The van der Waals surface area contributed by atoms with E-state index in [2.05, 4.69) is 0 Å². The zero-order chi connectivity index (χ0) is 33.3. The Kier molecular flexibility index (Phi) is 8.58. The van der Waals surface area contributed by atoms with Gasteiger partial charge in [-0.2, -0.15) is 5.01 Å². The number of nitrogens with zero attached hydrogens (tertiary/aromatic N) is 4. The number of carbonyl (C=O) groups is 5. The summed E-state index contributed by atoms with van der Waals surface area (Å²) in [5.41, 5.74) is -2.20. The zero-order valence-electron chi connectivity index (χ0n) is 22.9. The van der Waals surface area contributed by atoms with Crippen LogP contribution in [0, 0.1) is 20.2 Å². The van der Waals surface area contributed by atoms with E-state index in [4.69, 9.17) is 27.9 Å². The Bertz CT molecular complexity index is 1980. The quantitative estimate of drug-likeness (QED) is 0.0547. The van der Waals surface area contributed by atoms with Crippen LogP contribution in [0.3, 0.4) is 0 Å². The Balaban J connectivity index is 1.44. The van der Waals surface area contributed by atoms with E-state index in [1.54, 1.807) is 0 Å². The van der Waals surface area contributed by atoms with Crippen LogP contribution in [-0.2, 0) is 0 Å². The normalized spacial score (nSPS) is 12.0. The van der Waals surface area contributed by atoms with Crippen LogP contribution in [0.15, 0.2) is 84.9 Å². The maximum atomic E-state index is 13.6. The summed E-state index contributed by atoms with van der Waals surface area (Å²) in [5, 5.41) is 23.9. The molecule has 46 heavy (non-hydrogen) atoms. The van der Waals surface area contributed by atoms with Crippen LogP contribution in [-0.4, -0.2) is 55.9 Å². The van der Waals surface area contributed by atoms with Crippen LogP contribution in [0.2, 0.25) is 10.0 Å². The van der Waals surface area contributed by atoms with Gasteiger partial charge >= 0.3 is 5.97 Å². The molecule has 0 unspecified atom stereocenters. The molecule has 1 aliphatic rings. The Labute approximate surface area is 267 Å². The number of hydrogen-bond donors (Lipinski definition) is 0. The molecule has 5 rings (SSSR count). The third-order valence-corrected chi connectivity index (χ3v) is 7.25. The van der Waals surface area contributed by atoms with Crippen molar-refractivity contribution in [3.8, 4) is 5.75 Å². The molecule has 1 aliphatic heterocycles. The van der Waals surface area contributed by atoms with Crippen LogP contribution < -0.4 is 4.74 Å². The number of amides is 3. The first-order valence-corrected chi connectivity index (χ1v) is 13.7. The molecule has 0 saturated heterocycles. The number of ketones is 1. The van der Waals surface area contributed by atoms with E-state index in [-0.39, 0.29) is 38.7 Å². The van der Waals surface area contributed by atoms with Crippen LogP contribution in [0.1, 0.15) is 51.8 Å².